The van der Waals surface area contributed by atoms with Crippen LogP contribution in [0.4, 0.5) is 0 Å². The van der Waals surface area contributed by atoms with E-state index in [1.165, 1.54) is 39.0 Å². The van der Waals surface area contributed by atoms with Crippen molar-refractivity contribution in [1.82, 2.24) is 15.0 Å². The first-order chi connectivity index (χ1) is 13.6. The van der Waals surface area contributed by atoms with Gasteiger partial charge < -0.3 is 0 Å². The van der Waals surface area contributed by atoms with Gasteiger partial charge in [-0.15, -0.1) is 0 Å². The minimum absolute atomic E-state index is 0.612. The van der Waals surface area contributed by atoms with E-state index in [0.717, 1.165) is 29.4 Å². The number of nitrogens with zero attached hydrogens (tertiary/aromatic N) is 3. The van der Waals surface area contributed by atoms with E-state index in [1.54, 1.807) is 6.33 Å². The molecular weight excluding hydrogens is 342 g/mol. The molecule has 0 aliphatic heterocycles. The minimum Gasteiger partial charge on any atom is -0.260 e. The first-order valence-corrected chi connectivity index (χ1v) is 9.88. The molecule has 0 fully saturated rings. The summed E-state index contributed by atoms with van der Waals surface area (Å²) in [6.07, 6.45) is 12.2. The van der Waals surface area contributed by atoms with E-state index in [0.29, 0.717) is 5.92 Å². The maximum Gasteiger partial charge on any atom is 0.116 e. The summed E-state index contributed by atoms with van der Waals surface area (Å²) in [5.74, 6) is 0.612. The molecule has 2 aromatic heterocycles. The normalized spacial score (nSPS) is 18.9. The van der Waals surface area contributed by atoms with Gasteiger partial charge in [-0.25, -0.2) is 9.97 Å². The van der Waals surface area contributed by atoms with Crippen LogP contribution in [0.5, 0.6) is 0 Å². The summed E-state index contributed by atoms with van der Waals surface area (Å²) in [6, 6.07) is 8.74. The van der Waals surface area contributed by atoms with Crippen LogP contribution in [0, 0.1) is 5.92 Å². The minimum atomic E-state index is 0.612. The van der Waals surface area contributed by atoms with Gasteiger partial charge in [-0.3, -0.25) is 4.98 Å². The van der Waals surface area contributed by atoms with Crippen LogP contribution in [-0.4, -0.2) is 15.0 Å². The number of hydrogen-bond donors (Lipinski definition) is 0. The molecule has 0 N–H and O–H groups in total. The van der Waals surface area contributed by atoms with Gasteiger partial charge in [0.2, 0.25) is 0 Å². The van der Waals surface area contributed by atoms with Crippen LogP contribution in [0.1, 0.15) is 49.6 Å². The van der Waals surface area contributed by atoms with Crippen LogP contribution in [0.25, 0.3) is 22.0 Å². The average Bonchev–Trinajstić information content (AvgIpc) is 3.10. The summed E-state index contributed by atoms with van der Waals surface area (Å²) < 4.78 is 0. The summed E-state index contributed by atoms with van der Waals surface area (Å²) >= 11 is 0. The zero-order valence-corrected chi connectivity index (χ0v) is 16.5. The maximum atomic E-state index is 4.82. The molecule has 3 nitrogen and oxygen atoms in total. The average molecular weight is 365 g/mol. The molecule has 1 atom stereocenters. The van der Waals surface area contributed by atoms with Gasteiger partial charge in [0.25, 0.3) is 0 Å². The smallest absolute Gasteiger partial charge is 0.116 e. The Kier molecular flexibility index (Phi) is 3.97. The number of rotatable bonds is 2. The van der Waals surface area contributed by atoms with E-state index in [4.69, 9.17) is 4.98 Å². The van der Waals surface area contributed by atoms with E-state index in [9.17, 15) is 0 Å². The van der Waals surface area contributed by atoms with E-state index in [2.05, 4.69) is 73.4 Å². The Morgan fingerprint density at radius 2 is 1.89 bits per heavy atom. The summed E-state index contributed by atoms with van der Waals surface area (Å²) in [6.45, 7) is 6.77. The van der Waals surface area contributed by atoms with Crippen LogP contribution in [0.3, 0.4) is 0 Å². The summed E-state index contributed by atoms with van der Waals surface area (Å²) in [4.78, 5) is 13.3. The lowest BCUT2D eigenvalue weighted by Crippen LogP contribution is -2.05. The van der Waals surface area contributed by atoms with Crippen molar-refractivity contribution in [3.8, 4) is 0 Å². The molecule has 0 bridgehead atoms. The first-order valence-electron chi connectivity index (χ1n) is 9.88. The molecule has 3 aromatic rings. The molecule has 2 aliphatic rings. The van der Waals surface area contributed by atoms with E-state index in [1.807, 2.05) is 6.20 Å². The molecule has 0 spiro atoms. The Labute approximate surface area is 165 Å². The molecule has 138 valence electrons. The van der Waals surface area contributed by atoms with Gasteiger partial charge in [-0.1, -0.05) is 30.7 Å². The van der Waals surface area contributed by atoms with Crippen molar-refractivity contribution in [2.24, 2.45) is 5.92 Å². The van der Waals surface area contributed by atoms with Crippen LogP contribution < -0.4 is 0 Å². The number of hydrogen-bond acceptors (Lipinski definition) is 3. The van der Waals surface area contributed by atoms with Crippen molar-refractivity contribution < 1.29 is 0 Å². The van der Waals surface area contributed by atoms with Gasteiger partial charge >= 0.3 is 0 Å². The Balaban J connectivity index is 1.59. The van der Waals surface area contributed by atoms with Crippen LogP contribution in [0.15, 0.2) is 66.3 Å². The fourth-order valence-electron chi connectivity index (χ4n) is 4.72. The Morgan fingerprint density at radius 1 is 1.00 bits per heavy atom. The van der Waals surface area contributed by atoms with E-state index < -0.39 is 0 Å². The molecule has 2 aliphatic carbocycles. The van der Waals surface area contributed by atoms with E-state index >= 15 is 0 Å². The number of aromatic nitrogens is 3. The fourth-order valence-corrected chi connectivity index (χ4v) is 4.72. The molecule has 28 heavy (non-hydrogen) atoms. The van der Waals surface area contributed by atoms with Gasteiger partial charge in [0.1, 0.15) is 6.33 Å². The first kappa shape index (κ1) is 17.1. The number of fused-ring (bicyclic) bond motifs is 2. The topological polar surface area (TPSA) is 38.7 Å². The predicted octanol–water partition coefficient (Wildman–Crippen LogP) is 5.77. The zero-order chi connectivity index (χ0) is 19.3. The predicted molar refractivity (Wildman–Crippen MR) is 115 cm³/mol. The highest BCUT2D eigenvalue weighted by Crippen LogP contribution is 2.38. The molecular formula is C25H23N3. The summed E-state index contributed by atoms with van der Waals surface area (Å²) in [7, 11) is 0. The van der Waals surface area contributed by atoms with Crippen molar-refractivity contribution in [2.75, 3.05) is 0 Å². The van der Waals surface area contributed by atoms with Crippen molar-refractivity contribution in [3.63, 3.8) is 0 Å². The highest BCUT2D eigenvalue weighted by Gasteiger charge is 2.21. The highest BCUT2D eigenvalue weighted by molar-refractivity contribution is 5.91. The van der Waals surface area contributed by atoms with Crippen LogP contribution in [0.2, 0.25) is 0 Å². The van der Waals surface area contributed by atoms with Crippen LogP contribution in [-0.2, 0) is 6.42 Å². The third kappa shape index (κ3) is 2.78. The molecule has 1 aromatic carbocycles. The van der Waals surface area contributed by atoms with Crippen molar-refractivity contribution in [3.05, 3.63) is 88.7 Å². The lowest BCUT2D eigenvalue weighted by Gasteiger charge is -2.22. The third-order valence-corrected chi connectivity index (χ3v) is 5.85. The lowest BCUT2D eigenvalue weighted by molar-refractivity contribution is 0.703. The zero-order valence-electron chi connectivity index (χ0n) is 16.5. The second-order valence-corrected chi connectivity index (χ2v) is 8.02. The quantitative estimate of drug-likeness (QED) is 0.578. The second-order valence-electron chi connectivity index (χ2n) is 8.02. The monoisotopic (exact) mass is 365 g/mol. The number of pyridine rings is 1. The van der Waals surface area contributed by atoms with E-state index in [-0.39, 0.29) is 0 Å². The van der Waals surface area contributed by atoms with Gasteiger partial charge in [0.15, 0.2) is 0 Å². The summed E-state index contributed by atoms with van der Waals surface area (Å²) in [5, 5.41) is 1.07. The maximum absolute atomic E-state index is 4.82. The second kappa shape index (κ2) is 6.52. The Hall–Kier alpha value is -3.07. The molecule has 0 saturated carbocycles. The molecule has 0 saturated heterocycles. The standard InChI is InChI=1S/C25H23N3/c1-15-8-16(2)25(17(3)9-15)20-11-22-21(5-7-24(22)27-13-20)18-4-6-23-19(10-18)12-26-14-28-23/h4-6,8,10-15H,7,9H2,1-3H3. The third-order valence-electron chi connectivity index (χ3n) is 5.85. The molecule has 1 unspecified atom stereocenters. The Morgan fingerprint density at radius 3 is 2.75 bits per heavy atom. The highest BCUT2D eigenvalue weighted by atomic mass is 14.8. The molecule has 0 amide bonds. The molecule has 2 heterocycles. The van der Waals surface area contributed by atoms with Crippen molar-refractivity contribution >= 4 is 22.0 Å². The SMILES string of the molecule is CC1=CC(C)CC(C)=C1c1cnc2c(c1)C(c1ccc3ncncc3c1)=CC2. The fraction of sp³-hybridized carbons (Fsp3) is 0.240. The Bertz CT molecular complexity index is 1200. The lowest BCUT2D eigenvalue weighted by atomic mass is 9.83. The molecule has 3 heteroatoms. The van der Waals surface area contributed by atoms with Crippen molar-refractivity contribution in [2.45, 2.75) is 33.6 Å². The molecule has 0 radical (unpaired) electrons. The molecule has 5 rings (SSSR count). The van der Waals surface area contributed by atoms with Gasteiger partial charge in [-0.2, -0.15) is 0 Å². The van der Waals surface area contributed by atoms with Crippen molar-refractivity contribution in [1.29, 1.82) is 0 Å². The summed E-state index contributed by atoms with van der Waals surface area (Å²) in [5.41, 5.74) is 11.3. The van der Waals surface area contributed by atoms with Gasteiger partial charge in [0, 0.05) is 35.3 Å². The largest absolute Gasteiger partial charge is 0.260 e. The number of benzene rings is 1. The van der Waals surface area contributed by atoms with Crippen LogP contribution >= 0.6 is 0 Å². The van der Waals surface area contributed by atoms with Gasteiger partial charge in [-0.05, 0) is 66.7 Å². The number of allylic oxidation sites excluding steroid dienone is 5. The van der Waals surface area contributed by atoms with Gasteiger partial charge in [0.05, 0.1) is 11.2 Å².